The van der Waals surface area contributed by atoms with Crippen molar-refractivity contribution >= 4 is 23.9 Å². The van der Waals surface area contributed by atoms with Crippen LogP contribution in [0.4, 0.5) is 0 Å². The van der Waals surface area contributed by atoms with Crippen LogP contribution in [0, 0.1) is 11.3 Å². The van der Waals surface area contributed by atoms with Crippen molar-refractivity contribution in [3.05, 3.63) is 0 Å². The van der Waals surface area contributed by atoms with Crippen molar-refractivity contribution in [2.45, 2.75) is 244 Å². The third-order valence-electron chi connectivity index (χ3n) is 11.9. The van der Waals surface area contributed by atoms with Gasteiger partial charge in [-0.3, -0.25) is 19.2 Å². The minimum absolute atomic E-state index is 0.0779. The molecule has 4 fully saturated rings. The summed E-state index contributed by atoms with van der Waals surface area (Å²) in [5.74, 6) is -5.77. The van der Waals surface area contributed by atoms with Gasteiger partial charge in [0.15, 0.2) is 0 Å². The molecule has 4 heterocycles. The molecule has 0 aliphatic carbocycles. The van der Waals surface area contributed by atoms with E-state index in [0.717, 1.165) is 0 Å². The number of rotatable bonds is 10. The van der Waals surface area contributed by atoms with Crippen molar-refractivity contribution in [3.8, 4) is 0 Å². The molecule has 0 amide bonds. The molecule has 4 aliphatic rings. The van der Waals surface area contributed by atoms with Crippen LogP contribution in [0.1, 0.15) is 175 Å². The number of carbonyl (C=O) groups excluding carboxylic acids is 4. The normalized spacial score (nSPS) is 27.7. The second kappa shape index (κ2) is 15.4. The second-order valence-corrected chi connectivity index (χ2v) is 23.1. The Morgan fingerprint density at radius 3 is 0.821 bits per heavy atom. The number of piperidine rings is 4. The molecule has 4 N–H and O–H groups in total. The highest BCUT2D eigenvalue weighted by Crippen LogP contribution is 2.43. The van der Waals surface area contributed by atoms with E-state index in [1.807, 2.05) is 83.1 Å². The summed E-state index contributed by atoms with van der Waals surface area (Å²) in [4.78, 5) is 60.9. The van der Waals surface area contributed by atoms with Gasteiger partial charge in [-0.2, -0.15) is 0 Å². The van der Waals surface area contributed by atoms with Gasteiger partial charge < -0.3 is 40.2 Å². The molecular formula is C44H78N4O8. The minimum Gasteiger partial charge on any atom is -0.462 e. The number of hydrogen-bond donors (Lipinski definition) is 4. The molecule has 0 aromatic heterocycles. The van der Waals surface area contributed by atoms with Gasteiger partial charge in [0.25, 0.3) is 5.41 Å². The van der Waals surface area contributed by atoms with Gasteiger partial charge in [-0.15, -0.1) is 0 Å². The molecule has 0 aromatic carbocycles. The molecule has 4 aliphatic heterocycles. The average Bonchev–Trinajstić information content (AvgIpc) is 2.88. The first-order valence-corrected chi connectivity index (χ1v) is 21.1. The molecule has 0 saturated carbocycles. The number of hydrogen-bond acceptors (Lipinski definition) is 12. The Labute approximate surface area is 338 Å². The highest BCUT2D eigenvalue weighted by Gasteiger charge is 2.67. The van der Waals surface area contributed by atoms with Crippen LogP contribution in [0.2, 0.25) is 0 Å². The first-order valence-electron chi connectivity index (χ1n) is 21.1. The van der Waals surface area contributed by atoms with E-state index in [2.05, 4.69) is 49.0 Å². The lowest BCUT2D eigenvalue weighted by Crippen LogP contribution is -2.64. The molecule has 1 atom stereocenters. The average molecular weight is 791 g/mol. The smallest absolute Gasteiger partial charge is 0.336 e. The maximum Gasteiger partial charge on any atom is 0.336 e. The monoisotopic (exact) mass is 791 g/mol. The van der Waals surface area contributed by atoms with E-state index in [9.17, 15) is 4.79 Å². The fraction of sp³-hybridized carbons (Fsp3) is 0.909. The van der Waals surface area contributed by atoms with Crippen LogP contribution in [0.3, 0.4) is 0 Å². The van der Waals surface area contributed by atoms with Crippen molar-refractivity contribution in [2.24, 2.45) is 11.3 Å². The van der Waals surface area contributed by atoms with E-state index in [0.29, 0.717) is 51.4 Å². The molecule has 0 radical (unpaired) electrons. The molecule has 12 heteroatoms. The number of ether oxygens (including phenoxy) is 4. The zero-order valence-corrected chi connectivity index (χ0v) is 38.0. The van der Waals surface area contributed by atoms with Gasteiger partial charge in [-0.1, -0.05) is 6.92 Å². The van der Waals surface area contributed by atoms with Crippen LogP contribution in [0.25, 0.3) is 0 Å². The molecule has 322 valence electrons. The van der Waals surface area contributed by atoms with E-state index in [-0.39, 0.29) is 17.5 Å². The number of carbonyl (C=O) groups is 4. The summed E-state index contributed by atoms with van der Waals surface area (Å²) in [6.45, 7) is 34.2. The maximum atomic E-state index is 15.3. The lowest BCUT2D eigenvalue weighted by atomic mass is 9.72. The summed E-state index contributed by atoms with van der Waals surface area (Å²) in [7, 11) is 0. The fourth-order valence-corrected chi connectivity index (χ4v) is 11.6. The van der Waals surface area contributed by atoms with E-state index in [4.69, 9.17) is 18.9 Å². The van der Waals surface area contributed by atoms with E-state index >= 15 is 14.4 Å². The minimum atomic E-state index is -2.79. The third kappa shape index (κ3) is 11.5. The summed E-state index contributed by atoms with van der Waals surface area (Å²) >= 11 is 0. The molecule has 4 saturated heterocycles. The molecule has 56 heavy (non-hydrogen) atoms. The van der Waals surface area contributed by atoms with E-state index < -0.39 is 92.9 Å². The first-order chi connectivity index (χ1) is 25.1. The summed E-state index contributed by atoms with van der Waals surface area (Å²) in [6.07, 6.45) is 0.957. The Hall–Kier alpha value is -2.28. The van der Waals surface area contributed by atoms with Crippen molar-refractivity contribution < 1.29 is 38.1 Å². The van der Waals surface area contributed by atoms with Crippen molar-refractivity contribution in [1.29, 1.82) is 0 Å². The molecular weight excluding hydrogens is 713 g/mol. The maximum absolute atomic E-state index is 15.3. The predicted molar refractivity (Wildman–Crippen MR) is 218 cm³/mol. The Kier molecular flexibility index (Phi) is 12.8. The molecule has 0 aromatic rings. The van der Waals surface area contributed by atoms with E-state index in [1.165, 1.54) is 0 Å². The molecule has 0 spiro atoms. The Bertz CT molecular complexity index is 1300. The Morgan fingerprint density at radius 2 is 0.625 bits per heavy atom. The summed E-state index contributed by atoms with van der Waals surface area (Å²) in [5, 5.41) is 14.4. The van der Waals surface area contributed by atoms with Crippen LogP contribution < -0.4 is 21.3 Å². The summed E-state index contributed by atoms with van der Waals surface area (Å²) in [5.41, 5.74) is -6.06. The van der Waals surface area contributed by atoms with Crippen LogP contribution in [-0.2, 0) is 38.1 Å². The summed E-state index contributed by atoms with van der Waals surface area (Å²) < 4.78 is 25.4. The van der Waals surface area contributed by atoms with Gasteiger partial charge in [-0.25, -0.2) is 0 Å². The van der Waals surface area contributed by atoms with Crippen LogP contribution in [-0.4, -0.2) is 92.6 Å². The topological polar surface area (TPSA) is 153 Å². The van der Waals surface area contributed by atoms with Crippen LogP contribution in [0.5, 0.6) is 0 Å². The van der Waals surface area contributed by atoms with Crippen molar-refractivity contribution in [2.75, 3.05) is 0 Å². The van der Waals surface area contributed by atoms with Gasteiger partial charge in [0.1, 0.15) is 24.4 Å². The molecule has 12 nitrogen and oxygen atoms in total. The number of nitrogens with one attached hydrogen (secondary N) is 4. The zero-order valence-electron chi connectivity index (χ0n) is 38.0. The van der Waals surface area contributed by atoms with Crippen LogP contribution in [0.15, 0.2) is 0 Å². The SMILES string of the molecule is CCC(C(=O)OC1CC(C)(C)NC(C)(C)C1)C(C(=O)OC1CC(C)(C)NC(C)(C)C1)(C(=O)OC1CC(C)(C)NC(C)(C)C1)C(=O)OC1CC(C)(C)NC(C)(C)C1. The predicted octanol–water partition coefficient (Wildman–Crippen LogP) is 6.41. The fourth-order valence-electron chi connectivity index (χ4n) is 11.6. The van der Waals surface area contributed by atoms with Gasteiger partial charge in [0.2, 0.25) is 0 Å². The van der Waals surface area contributed by atoms with Gasteiger partial charge in [0, 0.05) is 95.7 Å². The first kappa shape index (κ1) is 46.4. The molecule has 4 rings (SSSR count). The number of esters is 4. The lowest BCUT2D eigenvalue weighted by molar-refractivity contribution is -0.205. The lowest BCUT2D eigenvalue weighted by Gasteiger charge is -2.48. The largest absolute Gasteiger partial charge is 0.462 e. The highest BCUT2D eigenvalue weighted by atomic mass is 16.6. The van der Waals surface area contributed by atoms with Crippen LogP contribution >= 0.6 is 0 Å². The standard InChI is InChI=1S/C44H78N4O8/c1-18-31(32(49)53-27-19-36(2,3)45-37(4,5)20-27)44(33(50)54-28-21-38(6,7)46-39(8,9)22-28,34(51)55-29-23-40(10,11)47-41(12,13)24-29)35(52)56-30-25-42(14,15)48-43(16,17)26-30/h27-31,45-48H,18-26H2,1-17H3. The second-order valence-electron chi connectivity index (χ2n) is 23.1. The molecule has 0 bridgehead atoms. The Balaban J connectivity index is 1.87. The van der Waals surface area contributed by atoms with Gasteiger partial charge in [-0.05, 0) is 117 Å². The van der Waals surface area contributed by atoms with Crippen molar-refractivity contribution in [1.82, 2.24) is 21.3 Å². The zero-order chi connectivity index (χ0) is 42.7. The quantitative estimate of drug-likeness (QED) is 0.110. The van der Waals surface area contributed by atoms with Crippen molar-refractivity contribution in [3.63, 3.8) is 0 Å². The molecule has 1 unspecified atom stereocenters. The Morgan fingerprint density at radius 1 is 0.429 bits per heavy atom. The summed E-state index contributed by atoms with van der Waals surface area (Å²) in [6, 6.07) is 0. The van der Waals surface area contributed by atoms with Gasteiger partial charge >= 0.3 is 23.9 Å². The van der Waals surface area contributed by atoms with Gasteiger partial charge in [0.05, 0.1) is 5.92 Å². The van der Waals surface area contributed by atoms with E-state index in [1.54, 1.807) is 6.92 Å². The highest BCUT2D eigenvalue weighted by molar-refractivity contribution is 6.20. The third-order valence-corrected chi connectivity index (χ3v) is 11.9.